The van der Waals surface area contributed by atoms with Crippen molar-refractivity contribution in [2.24, 2.45) is 0 Å². The van der Waals surface area contributed by atoms with Crippen LogP contribution in [-0.2, 0) is 0 Å². The van der Waals surface area contributed by atoms with Gasteiger partial charge in [0.2, 0.25) is 0 Å². The molecule has 2 rings (SSSR count). The molecule has 0 saturated carbocycles. The highest BCUT2D eigenvalue weighted by atomic mass is 16.5. The maximum atomic E-state index is 12.3. The third-order valence-electron chi connectivity index (χ3n) is 3.46. The van der Waals surface area contributed by atoms with Gasteiger partial charge in [0, 0.05) is 5.56 Å². The van der Waals surface area contributed by atoms with Gasteiger partial charge in [0.15, 0.2) is 0 Å². The Bertz CT molecular complexity index is 737. The maximum absolute atomic E-state index is 12.3. The van der Waals surface area contributed by atoms with Crippen molar-refractivity contribution in [1.29, 1.82) is 0 Å². The van der Waals surface area contributed by atoms with Gasteiger partial charge in [-0.3, -0.25) is 4.79 Å². The van der Waals surface area contributed by atoms with Crippen molar-refractivity contribution >= 4 is 17.6 Å². The topological polar surface area (TPSA) is 75.6 Å². The lowest BCUT2D eigenvalue weighted by molar-refractivity contribution is 0.0696. The van der Waals surface area contributed by atoms with Gasteiger partial charge in [0.25, 0.3) is 5.91 Å². The van der Waals surface area contributed by atoms with E-state index in [1.54, 1.807) is 12.1 Å². The molecule has 0 aliphatic rings. The Morgan fingerprint density at radius 3 is 2.27 bits per heavy atom. The number of aryl methyl sites for hydroxylation is 2. The number of hydrogen-bond donors (Lipinski definition) is 2. The Labute approximate surface area is 128 Å². The van der Waals surface area contributed by atoms with Gasteiger partial charge < -0.3 is 15.2 Å². The van der Waals surface area contributed by atoms with Gasteiger partial charge in [-0.15, -0.1) is 0 Å². The minimum Gasteiger partial charge on any atom is -0.495 e. The van der Waals surface area contributed by atoms with Crippen molar-refractivity contribution in [3.63, 3.8) is 0 Å². The third kappa shape index (κ3) is 3.25. The van der Waals surface area contributed by atoms with E-state index in [4.69, 9.17) is 9.84 Å². The minimum atomic E-state index is -1.07. The number of amides is 1. The summed E-state index contributed by atoms with van der Waals surface area (Å²) in [4.78, 5) is 23.3. The van der Waals surface area contributed by atoms with Crippen LogP contribution in [0, 0.1) is 13.8 Å². The van der Waals surface area contributed by atoms with Gasteiger partial charge in [-0.25, -0.2) is 4.79 Å². The van der Waals surface area contributed by atoms with Crippen LogP contribution in [0.3, 0.4) is 0 Å². The molecule has 0 aromatic heterocycles. The quantitative estimate of drug-likeness (QED) is 0.908. The van der Waals surface area contributed by atoms with Gasteiger partial charge in [-0.05, 0) is 55.3 Å². The Hall–Kier alpha value is -2.82. The summed E-state index contributed by atoms with van der Waals surface area (Å²) in [7, 11) is 1.46. The van der Waals surface area contributed by atoms with Crippen molar-refractivity contribution in [3.05, 3.63) is 58.7 Å². The van der Waals surface area contributed by atoms with Crippen LogP contribution in [0.5, 0.6) is 5.75 Å². The second-order valence-corrected chi connectivity index (χ2v) is 4.97. The number of anilines is 1. The van der Waals surface area contributed by atoms with E-state index in [1.807, 2.05) is 19.9 Å². The molecular formula is C17H17NO4. The molecule has 0 aliphatic carbocycles. The van der Waals surface area contributed by atoms with Gasteiger partial charge in [-0.1, -0.05) is 6.07 Å². The molecule has 114 valence electrons. The molecule has 0 fully saturated rings. The molecule has 0 spiro atoms. The standard InChI is InChI=1S/C17H17NO4/c1-10-4-5-12(8-11(10)2)16(19)18-14-9-13(17(20)21)6-7-15(14)22-3/h4-9H,1-3H3,(H,18,19)(H,20,21). The summed E-state index contributed by atoms with van der Waals surface area (Å²) in [6.45, 7) is 3.90. The number of rotatable bonds is 4. The Kier molecular flexibility index (Phi) is 4.46. The van der Waals surface area contributed by atoms with Gasteiger partial charge in [0.05, 0.1) is 18.4 Å². The molecule has 5 nitrogen and oxygen atoms in total. The van der Waals surface area contributed by atoms with Crippen LogP contribution in [0.2, 0.25) is 0 Å². The molecule has 5 heteroatoms. The van der Waals surface area contributed by atoms with E-state index < -0.39 is 5.97 Å². The summed E-state index contributed by atoms with van der Waals surface area (Å²) in [5, 5.41) is 11.7. The number of carboxylic acids is 1. The molecule has 0 radical (unpaired) electrons. The van der Waals surface area contributed by atoms with Crippen LogP contribution in [0.15, 0.2) is 36.4 Å². The SMILES string of the molecule is COc1ccc(C(=O)O)cc1NC(=O)c1ccc(C)c(C)c1. The lowest BCUT2D eigenvalue weighted by Crippen LogP contribution is -2.13. The lowest BCUT2D eigenvalue weighted by Gasteiger charge is -2.11. The maximum Gasteiger partial charge on any atom is 0.335 e. The fraction of sp³-hybridized carbons (Fsp3) is 0.176. The molecule has 1 amide bonds. The van der Waals surface area contributed by atoms with Crippen molar-refractivity contribution in [1.82, 2.24) is 0 Å². The van der Waals surface area contributed by atoms with Crippen molar-refractivity contribution in [3.8, 4) is 5.75 Å². The van der Waals surface area contributed by atoms with Gasteiger partial charge in [-0.2, -0.15) is 0 Å². The number of carboxylic acid groups (broad SMARTS) is 1. The average Bonchev–Trinajstić information content (AvgIpc) is 2.49. The average molecular weight is 299 g/mol. The van der Waals surface area contributed by atoms with E-state index >= 15 is 0 Å². The summed E-state index contributed by atoms with van der Waals surface area (Å²) in [5.74, 6) is -0.976. The van der Waals surface area contributed by atoms with Crippen molar-refractivity contribution < 1.29 is 19.4 Å². The van der Waals surface area contributed by atoms with E-state index in [0.717, 1.165) is 11.1 Å². The molecule has 22 heavy (non-hydrogen) atoms. The Balaban J connectivity index is 2.32. The molecule has 0 atom stereocenters. The number of carbonyl (C=O) groups is 2. The highest BCUT2D eigenvalue weighted by Gasteiger charge is 2.13. The summed E-state index contributed by atoms with van der Waals surface area (Å²) in [6.07, 6.45) is 0. The van der Waals surface area contributed by atoms with Crippen LogP contribution in [0.4, 0.5) is 5.69 Å². The number of hydrogen-bond acceptors (Lipinski definition) is 3. The highest BCUT2D eigenvalue weighted by Crippen LogP contribution is 2.26. The largest absolute Gasteiger partial charge is 0.495 e. The number of ether oxygens (including phenoxy) is 1. The molecule has 2 aromatic carbocycles. The fourth-order valence-electron chi connectivity index (χ4n) is 2.02. The Morgan fingerprint density at radius 2 is 1.68 bits per heavy atom. The Morgan fingerprint density at radius 1 is 1.00 bits per heavy atom. The highest BCUT2D eigenvalue weighted by molar-refractivity contribution is 6.05. The lowest BCUT2D eigenvalue weighted by atomic mass is 10.1. The van der Waals surface area contributed by atoms with Crippen molar-refractivity contribution in [2.75, 3.05) is 12.4 Å². The van der Waals surface area contributed by atoms with E-state index in [2.05, 4.69) is 5.32 Å². The predicted molar refractivity (Wildman–Crippen MR) is 83.8 cm³/mol. The molecule has 0 unspecified atom stereocenters. The summed E-state index contributed by atoms with van der Waals surface area (Å²) < 4.78 is 5.15. The molecular weight excluding hydrogens is 282 g/mol. The number of aromatic carboxylic acids is 1. The minimum absolute atomic E-state index is 0.0798. The summed E-state index contributed by atoms with van der Waals surface area (Å²) in [5.41, 5.74) is 3.02. The van der Waals surface area contributed by atoms with E-state index in [0.29, 0.717) is 17.0 Å². The van der Waals surface area contributed by atoms with Crippen molar-refractivity contribution in [2.45, 2.75) is 13.8 Å². The van der Waals surface area contributed by atoms with E-state index in [9.17, 15) is 9.59 Å². The van der Waals surface area contributed by atoms with Crippen LogP contribution >= 0.6 is 0 Å². The first-order valence-corrected chi connectivity index (χ1v) is 6.72. The first kappa shape index (κ1) is 15.6. The van der Waals surface area contributed by atoms with Crippen LogP contribution < -0.4 is 10.1 Å². The van der Waals surface area contributed by atoms with Gasteiger partial charge in [0.1, 0.15) is 5.75 Å². The first-order chi connectivity index (χ1) is 10.4. The molecule has 0 aliphatic heterocycles. The molecule has 2 N–H and O–H groups in total. The van der Waals surface area contributed by atoms with Crippen LogP contribution in [0.25, 0.3) is 0 Å². The summed E-state index contributed by atoms with van der Waals surface area (Å²) >= 11 is 0. The second kappa shape index (κ2) is 6.30. The first-order valence-electron chi connectivity index (χ1n) is 6.72. The number of nitrogens with one attached hydrogen (secondary N) is 1. The molecule has 2 aromatic rings. The van der Waals surface area contributed by atoms with E-state index in [-0.39, 0.29) is 11.5 Å². The summed E-state index contributed by atoms with van der Waals surface area (Å²) in [6, 6.07) is 9.70. The van der Waals surface area contributed by atoms with Crippen LogP contribution in [0.1, 0.15) is 31.8 Å². The zero-order chi connectivity index (χ0) is 16.3. The smallest absolute Gasteiger partial charge is 0.335 e. The van der Waals surface area contributed by atoms with E-state index in [1.165, 1.54) is 25.3 Å². The van der Waals surface area contributed by atoms with Gasteiger partial charge >= 0.3 is 5.97 Å². The normalized spacial score (nSPS) is 10.1. The third-order valence-corrected chi connectivity index (χ3v) is 3.46. The zero-order valence-electron chi connectivity index (χ0n) is 12.6. The zero-order valence-corrected chi connectivity index (χ0v) is 12.6. The monoisotopic (exact) mass is 299 g/mol. The molecule has 0 heterocycles. The second-order valence-electron chi connectivity index (χ2n) is 4.97. The molecule has 0 saturated heterocycles. The number of methoxy groups -OCH3 is 1. The van der Waals surface area contributed by atoms with Crippen LogP contribution in [-0.4, -0.2) is 24.1 Å². The fourth-order valence-corrected chi connectivity index (χ4v) is 2.02. The number of carbonyl (C=O) groups excluding carboxylic acids is 1. The number of benzene rings is 2. The molecule has 0 bridgehead atoms. The predicted octanol–water partition coefficient (Wildman–Crippen LogP) is 3.26.